The van der Waals surface area contributed by atoms with Crippen LogP contribution >= 0.6 is 0 Å². The van der Waals surface area contributed by atoms with E-state index in [0.717, 1.165) is 28.5 Å². The van der Waals surface area contributed by atoms with Gasteiger partial charge in [0.25, 0.3) is 0 Å². The number of benzene rings is 1. The molecule has 0 aliphatic rings. The monoisotopic (exact) mass is 260 g/mol. The second kappa shape index (κ2) is 5.40. The Bertz CT molecular complexity index is 575. The van der Waals surface area contributed by atoms with Crippen molar-refractivity contribution < 1.29 is 4.74 Å². The minimum atomic E-state index is -0.0585. The van der Waals surface area contributed by atoms with E-state index in [1.165, 1.54) is 0 Å². The van der Waals surface area contributed by atoms with Gasteiger partial charge in [-0.1, -0.05) is 12.1 Å². The third-order valence-corrected chi connectivity index (χ3v) is 3.20. The first-order chi connectivity index (χ1) is 8.99. The van der Waals surface area contributed by atoms with Crippen molar-refractivity contribution >= 4 is 0 Å². The Morgan fingerprint density at radius 3 is 2.63 bits per heavy atom. The summed E-state index contributed by atoms with van der Waals surface area (Å²) >= 11 is 0. The van der Waals surface area contributed by atoms with E-state index in [1.807, 2.05) is 50.6 Å². The molecule has 2 aromatic rings. The molecular formula is C14H20N4O. The summed E-state index contributed by atoms with van der Waals surface area (Å²) in [6.07, 6.45) is 0. The molecule has 5 nitrogen and oxygen atoms in total. The minimum Gasteiger partial charge on any atom is -0.485 e. The maximum Gasteiger partial charge on any atom is 0.170 e. The number of aryl methyl sites for hydroxylation is 2. The second-order valence-corrected chi connectivity index (χ2v) is 4.84. The van der Waals surface area contributed by atoms with E-state index in [9.17, 15) is 0 Å². The summed E-state index contributed by atoms with van der Waals surface area (Å²) in [5, 5.41) is 8.10. The fourth-order valence-electron chi connectivity index (χ4n) is 1.86. The third kappa shape index (κ3) is 2.93. The molecule has 5 heteroatoms. The van der Waals surface area contributed by atoms with E-state index in [0.29, 0.717) is 6.61 Å². The van der Waals surface area contributed by atoms with Crippen LogP contribution in [0.3, 0.4) is 0 Å². The lowest BCUT2D eigenvalue weighted by atomic mass is 10.1. The van der Waals surface area contributed by atoms with Gasteiger partial charge in [0.2, 0.25) is 0 Å². The summed E-state index contributed by atoms with van der Waals surface area (Å²) in [6, 6.07) is 5.99. The van der Waals surface area contributed by atoms with Crippen LogP contribution in [0.2, 0.25) is 0 Å². The smallest absolute Gasteiger partial charge is 0.170 e. The normalized spacial score (nSPS) is 12.5. The van der Waals surface area contributed by atoms with Crippen LogP contribution in [0.1, 0.15) is 35.7 Å². The minimum absolute atomic E-state index is 0.0585. The zero-order valence-electron chi connectivity index (χ0n) is 11.8. The fourth-order valence-corrected chi connectivity index (χ4v) is 1.86. The topological polar surface area (TPSA) is 66.0 Å². The van der Waals surface area contributed by atoms with Crippen LogP contribution < -0.4 is 10.5 Å². The first kappa shape index (κ1) is 13.5. The molecule has 0 saturated heterocycles. The van der Waals surface area contributed by atoms with E-state index < -0.39 is 0 Å². The van der Waals surface area contributed by atoms with Crippen molar-refractivity contribution in [3.8, 4) is 5.75 Å². The van der Waals surface area contributed by atoms with Crippen LogP contribution in [-0.2, 0) is 13.7 Å². The summed E-state index contributed by atoms with van der Waals surface area (Å²) in [6.45, 7) is 6.28. The van der Waals surface area contributed by atoms with Crippen molar-refractivity contribution in [2.45, 2.75) is 33.4 Å². The Kier molecular flexibility index (Phi) is 3.85. The molecule has 0 saturated carbocycles. The Labute approximate surface area is 113 Å². The highest BCUT2D eigenvalue weighted by atomic mass is 16.5. The Morgan fingerprint density at radius 1 is 1.32 bits per heavy atom. The molecule has 1 aromatic carbocycles. The summed E-state index contributed by atoms with van der Waals surface area (Å²) in [7, 11) is 1.93. The Balaban J connectivity index is 2.19. The van der Waals surface area contributed by atoms with E-state index >= 15 is 0 Å². The first-order valence-electron chi connectivity index (χ1n) is 6.33. The van der Waals surface area contributed by atoms with Gasteiger partial charge in [0.15, 0.2) is 5.82 Å². The quantitative estimate of drug-likeness (QED) is 0.913. The summed E-state index contributed by atoms with van der Waals surface area (Å²) < 4.78 is 7.77. The molecule has 1 aromatic heterocycles. The predicted octanol–water partition coefficient (Wildman–Crippen LogP) is 2.03. The molecule has 0 amide bonds. The number of hydrogen-bond acceptors (Lipinski definition) is 4. The number of rotatable bonds is 4. The van der Waals surface area contributed by atoms with Gasteiger partial charge in [0.05, 0.1) is 0 Å². The van der Waals surface area contributed by atoms with Gasteiger partial charge < -0.3 is 15.0 Å². The fraction of sp³-hybridized carbons (Fsp3) is 0.429. The van der Waals surface area contributed by atoms with Crippen LogP contribution in [0.15, 0.2) is 18.2 Å². The van der Waals surface area contributed by atoms with Gasteiger partial charge in [0.1, 0.15) is 18.2 Å². The lowest BCUT2D eigenvalue weighted by Gasteiger charge is -2.14. The zero-order valence-corrected chi connectivity index (χ0v) is 11.8. The number of aromatic nitrogens is 3. The van der Waals surface area contributed by atoms with Crippen molar-refractivity contribution in [2.75, 3.05) is 0 Å². The summed E-state index contributed by atoms with van der Waals surface area (Å²) in [4.78, 5) is 0. The van der Waals surface area contributed by atoms with Gasteiger partial charge in [-0.25, -0.2) is 0 Å². The highest BCUT2D eigenvalue weighted by Gasteiger charge is 2.11. The maximum absolute atomic E-state index is 5.95. The SMILES string of the molecule is Cc1ccc([C@@H](C)N)c(OCc2nnc(C)n2C)c1. The lowest BCUT2D eigenvalue weighted by molar-refractivity contribution is 0.286. The molecular weight excluding hydrogens is 240 g/mol. The van der Waals surface area contributed by atoms with Gasteiger partial charge >= 0.3 is 0 Å². The third-order valence-electron chi connectivity index (χ3n) is 3.20. The molecule has 0 bridgehead atoms. The predicted molar refractivity (Wildman–Crippen MR) is 73.9 cm³/mol. The lowest BCUT2D eigenvalue weighted by Crippen LogP contribution is -2.10. The van der Waals surface area contributed by atoms with Gasteiger partial charge in [-0.15, -0.1) is 10.2 Å². The molecule has 1 heterocycles. The molecule has 0 fully saturated rings. The average molecular weight is 260 g/mol. The van der Waals surface area contributed by atoms with Gasteiger partial charge in [0, 0.05) is 18.7 Å². The zero-order chi connectivity index (χ0) is 14.0. The molecule has 0 aliphatic heterocycles. The number of ether oxygens (including phenoxy) is 1. The molecule has 2 N–H and O–H groups in total. The average Bonchev–Trinajstić information content (AvgIpc) is 2.67. The van der Waals surface area contributed by atoms with Crippen molar-refractivity contribution in [2.24, 2.45) is 12.8 Å². The number of nitrogens with zero attached hydrogens (tertiary/aromatic N) is 3. The standard InChI is InChI=1S/C14H20N4O/c1-9-5-6-12(10(2)15)13(7-9)19-8-14-17-16-11(3)18(14)4/h5-7,10H,8,15H2,1-4H3/t10-/m1/s1. The van der Waals surface area contributed by atoms with Crippen LogP contribution in [0.5, 0.6) is 5.75 Å². The molecule has 0 aliphatic carbocycles. The van der Waals surface area contributed by atoms with Crippen molar-refractivity contribution in [3.05, 3.63) is 41.0 Å². The molecule has 0 radical (unpaired) electrons. The van der Waals surface area contributed by atoms with Crippen LogP contribution in [0.4, 0.5) is 0 Å². The molecule has 1 atom stereocenters. The van der Waals surface area contributed by atoms with Crippen molar-refractivity contribution in [1.29, 1.82) is 0 Å². The molecule has 0 unspecified atom stereocenters. The highest BCUT2D eigenvalue weighted by Crippen LogP contribution is 2.25. The van der Waals surface area contributed by atoms with E-state index in [-0.39, 0.29) is 6.04 Å². The van der Waals surface area contributed by atoms with Crippen LogP contribution in [-0.4, -0.2) is 14.8 Å². The van der Waals surface area contributed by atoms with Crippen molar-refractivity contribution in [3.63, 3.8) is 0 Å². The Morgan fingerprint density at radius 2 is 2.05 bits per heavy atom. The van der Waals surface area contributed by atoms with E-state index in [4.69, 9.17) is 10.5 Å². The first-order valence-corrected chi connectivity index (χ1v) is 6.33. The van der Waals surface area contributed by atoms with Crippen LogP contribution in [0.25, 0.3) is 0 Å². The largest absolute Gasteiger partial charge is 0.485 e. The van der Waals surface area contributed by atoms with Crippen LogP contribution in [0, 0.1) is 13.8 Å². The molecule has 102 valence electrons. The number of hydrogen-bond donors (Lipinski definition) is 1. The molecule has 2 rings (SSSR count). The molecule has 0 spiro atoms. The Hall–Kier alpha value is -1.88. The summed E-state index contributed by atoms with van der Waals surface area (Å²) in [5.41, 5.74) is 8.11. The number of nitrogens with two attached hydrogens (primary N) is 1. The van der Waals surface area contributed by atoms with E-state index in [2.05, 4.69) is 10.2 Å². The van der Waals surface area contributed by atoms with Crippen molar-refractivity contribution in [1.82, 2.24) is 14.8 Å². The second-order valence-electron chi connectivity index (χ2n) is 4.84. The molecule has 19 heavy (non-hydrogen) atoms. The highest BCUT2D eigenvalue weighted by molar-refractivity contribution is 5.38. The van der Waals surface area contributed by atoms with Gasteiger partial charge in [-0.2, -0.15) is 0 Å². The maximum atomic E-state index is 5.95. The summed E-state index contributed by atoms with van der Waals surface area (Å²) in [5.74, 6) is 2.49. The van der Waals surface area contributed by atoms with Gasteiger partial charge in [-0.3, -0.25) is 0 Å². The van der Waals surface area contributed by atoms with E-state index in [1.54, 1.807) is 0 Å². The van der Waals surface area contributed by atoms with Gasteiger partial charge in [-0.05, 0) is 32.4 Å².